The van der Waals surface area contributed by atoms with Crippen LogP contribution in [0.25, 0.3) is 0 Å². The van der Waals surface area contributed by atoms with Crippen molar-refractivity contribution in [3.63, 3.8) is 0 Å². The zero-order chi connectivity index (χ0) is 19.8. The minimum absolute atomic E-state index is 0.0534. The predicted octanol–water partition coefficient (Wildman–Crippen LogP) is 3.57. The Balaban J connectivity index is 1.96. The second-order valence-corrected chi connectivity index (χ2v) is 9.01. The quantitative estimate of drug-likeness (QED) is 0.869. The Labute approximate surface area is 160 Å². The number of fused-ring (bicyclic) bond motifs is 1. The van der Waals surface area contributed by atoms with E-state index in [1.807, 2.05) is 27.7 Å². The molecule has 1 heterocycles. The van der Waals surface area contributed by atoms with Crippen molar-refractivity contribution < 1.29 is 17.9 Å². The average Bonchev–Trinajstić information content (AvgIpc) is 2.70. The Kier molecular flexibility index (Phi) is 4.90. The van der Waals surface area contributed by atoms with Gasteiger partial charge in [-0.3, -0.25) is 9.52 Å². The molecule has 7 heteroatoms. The lowest BCUT2D eigenvalue weighted by Gasteiger charge is -2.27. The third kappa shape index (κ3) is 3.78. The minimum Gasteiger partial charge on any atom is -0.490 e. The van der Waals surface area contributed by atoms with E-state index in [1.54, 1.807) is 47.4 Å². The molecule has 3 rings (SSSR count). The summed E-state index contributed by atoms with van der Waals surface area (Å²) in [4.78, 5) is 14.6. The van der Waals surface area contributed by atoms with E-state index in [2.05, 4.69) is 4.72 Å². The molecule has 0 spiro atoms. The van der Waals surface area contributed by atoms with Crippen molar-refractivity contribution in [3.8, 4) is 5.75 Å². The van der Waals surface area contributed by atoms with Crippen LogP contribution in [0.1, 0.15) is 26.3 Å². The van der Waals surface area contributed by atoms with Gasteiger partial charge in [0, 0.05) is 6.54 Å². The molecule has 27 heavy (non-hydrogen) atoms. The number of hydrogen-bond acceptors (Lipinski definition) is 4. The van der Waals surface area contributed by atoms with Crippen LogP contribution in [-0.4, -0.2) is 27.5 Å². The van der Waals surface area contributed by atoms with Crippen LogP contribution in [-0.2, 0) is 14.8 Å². The highest BCUT2D eigenvalue weighted by atomic mass is 32.2. The Morgan fingerprint density at radius 2 is 1.81 bits per heavy atom. The molecule has 0 unspecified atom stereocenters. The van der Waals surface area contributed by atoms with Crippen LogP contribution >= 0.6 is 0 Å². The maximum Gasteiger partial charge on any atom is 0.261 e. The van der Waals surface area contributed by atoms with Crippen LogP contribution in [0.2, 0.25) is 0 Å². The summed E-state index contributed by atoms with van der Waals surface area (Å²) in [7, 11) is -3.72. The Hall–Kier alpha value is -2.54. The van der Waals surface area contributed by atoms with Crippen molar-refractivity contribution in [2.45, 2.75) is 32.6 Å². The van der Waals surface area contributed by atoms with E-state index >= 15 is 0 Å². The molecule has 0 aromatic heterocycles. The SMILES string of the molecule is CCN1C(=O)C(C)(C)COc2ccc(NS(=O)(=O)c3ccc(C)cc3)cc21. The number of anilines is 2. The van der Waals surface area contributed by atoms with Gasteiger partial charge in [-0.2, -0.15) is 0 Å². The lowest BCUT2D eigenvalue weighted by Crippen LogP contribution is -2.42. The van der Waals surface area contributed by atoms with Crippen LogP contribution in [0.3, 0.4) is 0 Å². The Bertz CT molecular complexity index is 966. The van der Waals surface area contributed by atoms with Gasteiger partial charge in [0.2, 0.25) is 5.91 Å². The minimum atomic E-state index is -3.72. The van der Waals surface area contributed by atoms with E-state index in [0.717, 1.165) is 5.56 Å². The zero-order valence-electron chi connectivity index (χ0n) is 15.9. The highest BCUT2D eigenvalue weighted by Gasteiger charge is 2.37. The van der Waals surface area contributed by atoms with Gasteiger partial charge in [0.15, 0.2) is 0 Å². The summed E-state index contributed by atoms with van der Waals surface area (Å²) < 4.78 is 33.7. The van der Waals surface area contributed by atoms with Crippen molar-refractivity contribution in [2.24, 2.45) is 5.41 Å². The zero-order valence-corrected chi connectivity index (χ0v) is 16.8. The number of rotatable bonds is 4. The molecule has 1 aliphatic heterocycles. The monoisotopic (exact) mass is 388 g/mol. The van der Waals surface area contributed by atoms with Crippen molar-refractivity contribution in [3.05, 3.63) is 48.0 Å². The molecule has 0 atom stereocenters. The summed E-state index contributed by atoms with van der Waals surface area (Å²) >= 11 is 0. The summed E-state index contributed by atoms with van der Waals surface area (Å²) in [6.07, 6.45) is 0. The highest BCUT2D eigenvalue weighted by Crippen LogP contribution is 2.38. The fourth-order valence-corrected chi connectivity index (χ4v) is 4.00. The summed E-state index contributed by atoms with van der Waals surface area (Å²) in [6, 6.07) is 11.6. The molecule has 0 radical (unpaired) electrons. The number of amides is 1. The molecule has 1 aliphatic rings. The molecule has 6 nitrogen and oxygen atoms in total. The molecule has 1 N–H and O–H groups in total. The van der Waals surface area contributed by atoms with Gasteiger partial charge >= 0.3 is 0 Å². The van der Waals surface area contributed by atoms with Gasteiger partial charge < -0.3 is 9.64 Å². The first-order chi connectivity index (χ1) is 12.6. The van der Waals surface area contributed by atoms with Gasteiger partial charge in [-0.15, -0.1) is 0 Å². The first-order valence-electron chi connectivity index (χ1n) is 8.82. The molecular formula is C20H24N2O4S. The van der Waals surface area contributed by atoms with E-state index < -0.39 is 15.4 Å². The fraction of sp³-hybridized carbons (Fsp3) is 0.350. The first-order valence-corrected chi connectivity index (χ1v) is 10.3. The lowest BCUT2D eigenvalue weighted by atomic mass is 9.93. The standard InChI is InChI=1S/C20H24N2O4S/c1-5-22-17-12-15(8-11-18(17)26-13-20(3,4)19(22)23)21-27(24,25)16-9-6-14(2)7-10-16/h6-12,21H,5,13H2,1-4H3. The van der Waals surface area contributed by atoms with Gasteiger partial charge in [0.25, 0.3) is 10.0 Å². The van der Waals surface area contributed by atoms with E-state index in [-0.39, 0.29) is 17.4 Å². The van der Waals surface area contributed by atoms with Gasteiger partial charge in [-0.1, -0.05) is 17.7 Å². The molecule has 0 fully saturated rings. The van der Waals surface area contributed by atoms with E-state index in [4.69, 9.17) is 4.74 Å². The van der Waals surface area contributed by atoms with Gasteiger partial charge in [-0.25, -0.2) is 8.42 Å². The molecule has 2 aromatic rings. The normalized spacial score (nSPS) is 16.3. The summed E-state index contributed by atoms with van der Waals surface area (Å²) in [5, 5.41) is 0. The average molecular weight is 388 g/mol. The smallest absolute Gasteiger partial charge is 0.261 e. The van der Waals surface area contributed by atoms with Gasteiger partial charge in [-0.05, 0) is 58.0 Å². The lowest BCUT2D eigenvalue weighted by molar-refractivity contribution is -0.127. The predicted molar refractivity (Wildman–Crippen MR) is 106 cm³/mol. The number of nitrogens with one attached hydrogen (secondary N) is 1. The number of carbonyl (C=O) groups excluding carboxylic acids is 1. The number of sulfonamides is 1. The number of nitrogens with zero attached hydrogens (tertiary/aromatic N) is 1. The van der Waals surface area contributed by atoms with Crippen molar-refractivity contribution in [2.75, 3.05) is 22.8 Å². The number of benzene rings is 2. The van der Waals surface area contributed by atoms with Crippen LogP contribution in [0, 0.1) is 12.3 Å². The summed E-state index contributed by atoms with van der Waals surface area (Å²) in [5.74, 6) is 0.511. The van der Waals surface area contributed by atoms with Crippen molar-refractivity contribution >= 4 is 27.3 Å². The van der Waals surface area contributed by atoms with Crippen LogP contribution in [0.5, 0.6) is 5.75 Å². The molecule has 1 amide bonds. The van der Waals surface area contributed by atoms with Crippen LogP contribution < -0.4 is 14.4 Å². The summed E-state index contributed by atoms with van der Waals surface area (Å²) in [6.45, 7) is 8.19. The highest BCUT2D eigenvalue weighted by molar-refractivity contribution is 7.92. The molecule has 2 aromatic carbocycles. The first kappa shape index (κ1) is 19.2. The maximum atomic E-state index is 12.8. The van der Waals surface area contributed by atoms with E-state index in [1.165, 1.54) is 0 Å². The van der Waals surface area contributed by atoms with Crippen LogP contribution in [0.4, 0.5) is 11.4 Å². The van der Waals surface area contributed by atoms with Gasteiger partial charge in [0.05, 0.1) is 21.7 Å². The largest absolute Gasteiger partial charge is 0.490 e. The Morgan fingerprint density at radius 1 is 1.15 bits per heavy atom. The van der Waals surface area contributed by atoms with Crippen molar-refractivity contribution in [1.82, 2.24) is 0 Å². The molecular weight excluding hydrogens is 364 g/mol. The fourth-order valence-electron chi connectivity index (χ4n) is 2.95. The second kappa shape index (κ2) is 6.88. The topological polar surface area (TPSA) is 75.7 Å². The van der Waals surface area contributed by atoms with Crippen molar-refractivity contribution in [1.29, 1.82) is 0 Å². The maximum absolute atomic E-state index is 12.8. The summed E-state index contributed by atoms with van der Waals surface area (Å²) in [5.41, 5.74) is 1.27. The number of ether oxygens (including phenoxy) is 1. The third-order valence-corrected chi connectivity index (χ3v) is 5.96. The third-order valence-electron chi connectivity index (χ3n) is 4.56. The van der Waals surface area contributed by atoms with E-state index in [9.17, 15) is 13.2 Å². The number of carbonyl (C=O) groups is 1. The van der Waals surface area contributed by atoms with Crippen LogP contribution in [0.15, 0.2) is 47.4 Å². The van der Waals surface area contributed by atoms with Gasteiger partial charge in [0.1, 0.15) is 12.4 Å². The molecule has 0 bridgehead atoms. The molecule has 0 aliphatic carbocycles. The molecule has 144 valence electrons. The Morgan fingerprint density at radius 3 is 2.44 bits per heavy atom. The molecule has 0 saturated heterocycles. The number of aryl methyl sites for hydroxylation is 1. The van der Waals surface area contributed by atoms with E-state index in [0.29, 0.717) is 23.7 Å². The molecule has 0 saturated carbocycles. The second-order valence-electron chi connectivity index (χ2n) is 7.32. The number of hydrogen-bond donors (Lipinski definition) is 1.